The SMILES string of the molecule is CC1CC=Cc2c1c1cc(-n3c4c(c5ccccc53)C3Oc5ccccc5C3(C)C=C4)ccc1n2-c1ccc2c(c1)c1ccccc1n2-c1ccccc1. The number of allylic oxidation sites excluding steroid dienone is 1. The van der Waals surface area contributed by atoms with Gasteiger partial charge in [-0.25, -0.2) is 0 Å². The van der Waals surface area contributed by atoms with Crippen molar-refractivity contribution in [3.63, 3.8) is 0 Å². The molecule has 0 fully saturated rings. The summed E-state index contributed by atoms with van der Waals surface area (Å²) in [5, 5.41) is 5.08. The monoisotopic (exact) mass is 695 g/mol. The van der Waals surface area contributed by atoms with E-state index in [2.05, 4.69) is 191 Å². The van der Waals surface area contributed by atoms with E-state index in [1.165, 1.54) is 88.8 Å². The second-order valence-electron chi connectivity index (χ2n) is 15.5. The minimum absolute atomic E-state index is 0.0912. The Morgan fingerprint density at radius 2 is 1.15 bits per heavy atom. The maximum atomic E-state index is 6.82. The van der Waals surface area contributed by atoms with Gasteiger partial charge in [-0.1, -0.05) is 91.9 Å². The Labute approximate surface area is 313 Å². The number of hydrogen-bond acceptors (Lipinski definition) is 1. The Balaban J connectivity index is 1.07. The van der Waals surface area contributed by atoms with Crippen molar-refractivity contribution in [1.29, 1.82) is 0 Å². The molecule has 1 aliphatic heterocycles. The highest BCUT2D eigenvalue weighted by Crippen LogP contribution is 2.56. The summed E-state index contributed by atoms with van der Waals surface area (Å²) in [6.07, 6.45) is 10.3. The fourth-order valence-electron chi connectivity index (χ4n) is 10.1. The molecule has 0 amide bonds. The van der Waals surface area contributed by atoms with E-state index in [1.54, 1.807) is 0 Å². The number of aromatic nitrogens is 3. The van der Waals surface area contributed by atoms with Gasteiger partial charge in [-0.3, -0.25) is 0 Å². The number of fused-ring (bicyclic) bond motifs is 13. The highest BCUT2D eigenvalue weighted by molar-refractivity contribution is 6.10. The predicted octanol–water partition coefficient (Wildman–Crippen LogP) is 12.6. The zero-order chi connectivity index (χ0) is 35.7. The molecule has 54 heavy (non-hydrogen) atoms. The lowest BCUT2D eigenvalue weighted by Gasteiger charge is -2.31. The highest BCUT2D eigenvalue weighted by Gasteiger charge is 2.48. The fourth-order valence-corrected chi connectivity index (χ4v) is 10.1. The summed E-state index contributed by atoms with van der Waals surface area (Å²) in [7, 11) is 0. The van der Waals surface area contributed by atoms with Crippen LogP contribution in [-0.2, 0) is 5.41 Å². The number of benzene rings is 6. The summed E-state index contributed by atoms with van der Waals surface area (Å²) in [6.45, 7) is 4.70. The van der Waals surface area contributed by atoms with E-state index in [4.69, 9.17) is 4.74 Å². The van der Waals surface area contributed by atoms with E-state index in [0.717, 1.165) is 12.2 Å². The van der Waals surface area contributed by atoms with Gasteiger partial charge >= 0.3 is 0 Å². The minimum Gasteiger partial charge on any atom is -0.484 e. The van der Waals surface area contributed by atoms with Crippen LogP contribution >= 0.6 is 0 Å². The van der Waals surface area contributed by atoms with Crippen molar-refractivity contribution in [1.82, 2.24) is 13.7 Å². The second kappa shape index (κ2) is 10.8. The maximum absolute atomic E-state index is 6.82. The van der Waals surface area contributed by atoms with Crippen LogP contribution < -0.4 is 4.74 Å². The molecule has 0 N–H and O–H groups in total. The lowest BCUT2D eigenvalue weighted by molar-refractivity contribution is 0.183. The molecule has 0 spiro atoms. The van der Waals surface area contributed by atoms with E-state index in [0.29, 0.717) is 5.92 Å². The summed E-state index contributed by atoms with van der Waals surface area (Å²) in [5.74, 6) is 1.38. The molecule has 0 saturated heterocycles. The van der Waals surface area contributed by atoms with Crippen LogP contribution in [0.15, 0.2) is 152 Å². The molecule has 6 aromatic carbocycles. The molecule has 12 rings (SSSR count). The average Bonchev–Trinajstić information content (AvgIpc) is 3.93. The largest absolute Gasteiger partial charge is 0.484 e. The first-order chi connectivity index (χ1) is 26.6. The van der Waals surface area contributed by atoms with E-state index >= 15 is 0 Å². The smallest absolute Gasteiger partial charge is 0.139 e. The van der Waals surface area contributed by atoms with Gasteiger partial charge in [0.25, 0.3) is 0 Å². The van der Waals surface area contributed by atoms with Crippen molar-refractivity contribution >= 4 is 55.8 Å². The first kappa shape index (κ1) is 30.0. The number of hydrogen-bond donors (Lipinski definition) is 0. The molecule has 4 nitrogen and oxygen atoms in total. The third-order valence-corrected chi connectivity index (χ3v) is 12.5. The van der Waals surface area contributed by atoms with Gasteiger partial charge in [0.1, 0.15) is 11.9 Å². The normalized spacial score (nSPS) is 19.7. The van der Waals surface area contributed by atoms with Crippen LogP contribution in [0.5, 0.6) is 5.75 Å². The van der Waals surface area contributed by atoms with Crippen LogP contribution in [0.2, 0.25) is 0 Å². The Morgan fingerprint density at radius 1 is 0.537 bits per heavy atom. The molecular formula is C50H37N3O. The van der Waals surface area contributed by atoms with Gasteiger partial charge in [0.2, 0.25) is 0 Å². The molecule has 4 heterocycles. The zero-order valence-electron chi connectivity index (χ0n) is 30.2. The lowest BCUT2D eigenvalue weighted by atomic mass is 9.73. The Hall–Kier alpha value is -6.52. The number of ether oxygens (including phenoxy) is 1. The summed E-state index contributed by atoms with van der Waals surface area (Å²) in [5.41, 5.74) is 14.6. The first-order valence-corrected chi connectivity index (χ1v) is 19.1. The van der Waals surface area contributed by atoms with Gasteiger partial charge in [0.15, 0.2) is 0 Å². The van der Waals surface area contributed by atoms with Crippen molar-refractivity contribution in [3.05, 3.63) is 180 Å². The van der Waals surface area contributed by atoms with Crippen molar-refractivity contribution in [3.8, 4) is 22.8 Å². The molecule has 3 aromatic heterocycles. The van der Waals surface area contributed by atoms with Crippen molar-refractivity contribution in [2.24, 2.45) is 0 Å². The molecule has 258 valence electrons. The molecule has 3 aliphatic rings. The summed E-state index contributed by atoms with van der Waals surface area (Å²) >= 11 is 0. The highest BCUT2D eigenvalue weighted by atomic mass is 16.5. The van der Waals surface area contributed by atoms with Gasteiger partial charge < -0.3 is 18.4 Å². The Morgan fingerprint density at radius 3 is 1.94 bits per heavy atom. The van der Waals surface area contributed by atoms with Crippen molar-refractivity contribution in [2.45, 2.75) is 37.7 Å². The zero-order valence-corrected chi connectivity index (χ0v) is 30.2. The fraction of sp³-hybridized carbons (Fsp3) is 0.120. The molecule has 0 bridgehead atoms. The van der Waals surface area contributed by atoms with Crippen LogP contribution in [0.1, 0.15) is 60.4 Å². The van der Waals surface area contributed by atoms with Crippen LogP contribution in [0.4, 0.5) is 0 Å². The van der Waals surface area contributed by atoms with Gasteiger partial charge in [0, 0.05) is 55.4 Å². The number of rotatable bonds is 3. The third-order valence-electron chi connectivity index (χ3n) is 12.5. The van der Waals surface area contributed by atoms with Gasteiger partial charge in [-0.05, 0) is 104 Å². The average molecular weight is 696 g/mol. The topological polar surface area (TPSA) is 24.0 Å². The van der Waals surface area contributed by atoms with Crippen molar-refractivity contribution < 1.29 is 4.74 Å². The lowest BCUT2D eigenvalue weighted by Crippen LogP contribution is -2.28. The van der Waals surface area contributed by atoms with E-state index < -0.39 is 0 Å². The quantitative estimate of drug-likeness (QED) is 0.181. The van der Waals surface area contributed by atoms with Crippen LogP contribution in [0.25, 0.3) is 72.8 Å². The van der Waals surface area contributed by atoms with E-state index in [-0.39, 0.29) is 11.5 Å². The van der Waals surface area contributed by atoms with Crippen LogP contribution in [-0.4, -0.2) is 13.7 Å². The molecule has 0 saturated carbocycles. The molecule has 4 heteroatoms. The van der Waals surface area contributed by atoms with Crippen molar-refractivity contribution in [2.75, 3.05) is 0 Å². The molecule has 3 unspecified atom stereocenters. The second-order valence-corrected chi connectivity index (χ2v) is 15.5. The predicted molar refractivity (Wildman–Crippen MR) is 223 cm³/mol. The van der Waals surface area contributed by atoms with E-state index in [9.17, 15) is 0 Å². The summed E-state index contributed by atoms with van der Waals surface area (Å²) < 4.78 is 14.2. The van der Waals surface area contributed by atoms with Crippen LogP contribution in [0, 0.1) is 0 Å². The van der Waals surface area contributed by atoms with Gasteiger partial charge in [-0.2, -0.15) is 0 Å². The molecule has 2 aliphatic carbocycles. The summed E-state index contributed by atoms with van der Waals surface area (Å²) in [4.78, 5) is 0. The molecule has 0 radical (unpaired) electrons. The summed E-state index contributed by atoms with van der Waals surface area (Å²) in [6, 6.07) is 51.0. The first-order valence-electron chi connectivity index (χ1n) is 19.1. The Bertz CT molecular complexity index is 3100. The number of nitrogens with zero attached hydrogens (tertiary/aromatic N) is 3. The van der Waals surface area contributed by atoms with Gasteiger partial charge in [0.05, 0.1) is 33.2 Å². The standard InChI is InChI=1S/C50H37N3O/c1-31-13-12-21-44-47(31)38-30-34(52-41-20-10-7-17-36(41)48-45(52)27-28-50(2)39-18-8-11-22-46(39)54-49(48)50)24-26-43(38)53(44)33-23-25-42-37(29-33)35-16-6-9-19-40(35)51(42)32-14-4-3-5-15-32/h3-12,14-31,49H,13H2,1-2H3. The minimum atomic E-state index is -0.227. The Kier molecular flexibility index (Phi) is 5.98. The third kappa shape index (κ3) is 3.87. The number of para-hydroxylation sites is 4. The van der Waals surface area contributed by atoms with E-state index in [1.807, 2.05) is 0 Å². The molecule has 3 atom stereocenters. The van der Waals surface area contributed by atoms with Gasteiger partial charge in [-0.15, -0.1) is 0 Å². The maximum Gasteiger partial charge on any atom is 0.139 e. The molecular weight excluding hydrogens is 659 g/mol. The van der Waals surface area contributed by atoms with Crippen LogP contribution in [0.3, 0.4) is 0 Å². The molecule has 9 aromatic rings.